The summed E-state index contributed by atoms with van der Waals surface area (Å²) in [6.45, 7) is 0.778. The maximum absolute atomic E-state index is 5.46. The maximum Gasteiger partial charge on any atom is 0.178 e. The van der Waals surface area contributed by atoms with E-state index >= 15 is 0 Å². The molecule has 0 radical (unpaired) electrons. The van der Waals surface area contributed by atoms with Gasteiger partial charge in [-0.3, -0.25) is 4.98 Å². The molecule has 0 saturated carbocycles. The molecule has 5 heteroatoms. The molecular formula is C16H13N3OS. The predicted octanol–water partition coefficient (Wildman–Crippen LogP) is 4.08. The van der Waals surface area contributed by atoms with Crippen LogP contribution in [0.1, 0.15) is 5.76 Å². The number of H-pyrrole nitrogens is 1. The van der Waals surface area contributed by atoms with Gasteiger partial charge in [-0.05, 0) is 30.4 Å². The summed E-state index contributed by atoms with van der Waals surface area (Å²) in [6, 6.07) is 12.0. The van der Waals surface area contributed by atoms with E-state index in [9.17, 15) is 0 Å². The van der Waals surface area contributed by atoms with Crippen molar-refractivity contribution in [3.05, 3.63) is 59.4 Å². The van der Waals surface area contributed by atoms with Crippen LogP contribution in [-0.2, 0) is 13.0 Å². The molecule has 0 aliphatic rings. The molecule has 0 saturated heterocycles. The van der Waals surface area contributed by atoms with Crippen LogP contribution in [0.15, 0.2) is 53.3 Å². The van der Waals surface area contributed by atoms with Crippen LogP contribution in [0.25, 0.3) is 21.9 Å². The minimum Gasteiger partial charge on any atom is -0.469 e. The summed E-state index contributed by atoms with van der Waals surface area (Å²) in [7, 11) is 0. The molecule has 1 aromatic carbocycles. The zero-order valence-corrected chi connectivity index (χ0v) is 12.1. The Balaban J connectivity index is 1.88. The van der Waals surface area contributed by atoms with Gasteiger partial charge in [0.1, 0.15) is 5.76 Å². The molecule has 4 rings (SSSR count). The fourth-order valence-corrected chi connectivity index (χ4v) is 2.98. The van der Waals surface area contributed by atoms with Crippen molar-refractivity contribution in [2.24, 2.45) is 0 Å². The lowest BCUT2D eigenvalue weighted by atomic mass is 10.2. The Morgan fingerprint density at radius 1 is 1.19 bits per heavy atom. The van der Waals surface area contributed by atoms with Crippen molar-refractivity contribution in [2.75, 3.05) is 0 Å². The quantitative estimate of drug-likeness (QED) is 0.579. The molecule has 0 aliphatic carbocycles. The Bertz CT molecular complexity index is 966. The van der Waals surface area contributed by atoms with E-state index in [4.69, 9.17) is 16.6 Å². The smallest absolute Gasteiger partial charge is 0.178 e. The summed E-state index contributed by atoms with van der Waals surface area (Å²) in [5.74, 6) is 0.963. The van der Waals surface area contributed by atoms with Crippen molar-refractivity contribution < 1.29 is 4.42 Å². The molecular weight excluding hydrogens is 282 g/mol. The summed E-state index contributed by atoms with van der Waals surface area (Å²) in [4.78, 5) is 7.70. The van der Waals surface area contributed by atoms with E-state index in [0.717, 1.165) is 45.4 Å². The highest BCUT2D eigenvalue weighted by Crippen LogP contribution is 2.23. The van der Waals surface area contributed by atoms with Crippen LogP contribution >= 0.6 is 12.2 Å². The molecule has 104 valence electrons. The van der Waals surface area contributed by atoms with Crippen molar-refractivity contribution in [3.8, 4) is 0 Å². The first-order valence-corrected chi connectivity index (χ1v) is 7.22. The highest BCUT2D eigenvalue weighted by atomic mass is 32.1. The molecule has 0 atom stereocenters. The number of para-hydroxylation sites is 1. The van der Waals surface area contributed by atoms with Crippen LogP contribution in [-0.4, -0.2) is 14.5 Å². The maximum atomic E-state index is 5.46. The van der Waals surface area contributed by atoms with Gasteiger partial charge in [-0.25, -0.2) is 0 Å². The third kappa shape index (κ3) is 2.06. The van der Waals surface area contributed by atoms with Crippen LogP contribution in [0.4, 0.5) is 0 Å². The molecule has 4 nitrogen and oxygen atoms in total. The van der Waals surface area contributed by atoms with Crippen LogP contribution in [0.2, 0.25) is 0 Å². The highest BCUT2D eigenvalue weighted by Gasteiger charge is 2.09. The lowest BCUT2D eigenvalue weighted by Crippen LogP contribution is -2.01. The number of nitrogens with one attached hydrogen (secondary N) is 1. The molecule has 1 N–H and O–H groups in total. The zero-order valence-electron chi connectivity index (χ0n) is 11.2. The van der Waals surface area contributed by atoms with Crippen LogP contribution in [0.3, 0.4) is 0 Å². The normalized spacial score (nSPS) is 11.4. The van der Waals surface area contributed by atoms with E-state index in [2.05, 4.69) is 20.6 Å². The van der Waals surface area contributed by atoms with Crippen molar-refractivity contribution in [2.45, 2.75) is 13.0 Å². The molecule has 3 aromatic heterocycles. The monoisotopic (exact) mass is 295 g/mol. The Morgan fingerprint density at radius 3 is 2.95 bits per heavy atom. The van der Waals surface area contributed by atoms with E-state index in [1.807, 2.05) is 36.5 Å². The topological polar surface area (TPSA) is 46.8 Å². The number of rotatable bonds is 3. The molecule has 0 unspecified atom stereocenters. The van der Waals surface area contributed by atoms with Gasteiger partial charge in [-0.1, -0.05) is 18.2 Å². The summed E-state index contributed by atoms with van der Waals surface area (Å²) in [5.41, 5.74) is 3.06. The molecule has 4 aromatic rings. The summed E-state index contributed by atoms with van der Waals surface area (Å²) in [6.07, 6.45) is 4.35. The van der Waals surface area contributed by atoms with Crippen molar-refractivity contribution in [1.82, 2.24) is 14.5 Å². The van der Waals surface area contributed by atoms with Gasteiger partial charge in [-0.15, -0.1) is 0 Å². The summed E-state index contributed by atoms with van der Waals surface area (Å²) < 4.78 is 8.24. The number of aromatic nitrogens is 3. The van der Waals surface area contributed by atoms with Crippen molar-refractivity contribution in [1.29, 1.82) is 0 Å². The second-order valence-corrected chi connectivity index (χ2v) is 5.34. The minimum absolute atomic E-state index is 0.717. The van der Waals surface area contributed by atoms with Gasteiger partial charge in [0.05, 0.1) is 29.0 Å². The first-order valence-electron chi connectivity index (χ1n) is 6.81. The van der Waals surface area contributed by atoms with E-state index in [-0.39, 0.29) is 0 Å². The van der Waals surface area contributed by atoms with E-state index < -0.39 is 0 Å². The Morgan fingerprint density at radius 2 is 2.10 bits per heavy atom. The molecule has 0 spiro atoms. The minimum atomic E-state index is 0.717. The third-order valence-electron chi connectivity index (χ3n) is 3.67. The molecule has 0 bridgehead atoms. The number of furan rings is 1. The molecule has 3 heterocycles. The van der Waals surface area contributed by atoms with E-state index in [1.165, 1.54) is 0 Å². The summed E-state index contributed by atoms with van der Waals surface area (Å²) >= 11 is 5.46. The fourth-order valence-electron chi connectivity index (χ4n) is 2.68. The van der Waals surface area contributed by atoms with Gasteiger partial charge in [0, 0.05) is 18.4 Å². The Kier molecular flexibility index (Phi) is 2.86. The molecule has 0 aliphatic heterocycles. The number of imidazole rings is 1. The second-order valence-electron chi connectivity index (χ2n) is 4.95. The molecule has 21 heavy (non-hydrogen) atoms. The first kappa shape index (κ1) is 12.3. The average Bonchev–Trinajstić information content (AvgIpc) is 3.12. The number of aryl methyl sites for hydroxylation is 2. The number of fused-ring (bicyclic) bond motifs is 3. The number of aromatic amines is 1. The largest absolute Gasteiger partial charge is 0.469 e. The second kappa shape index (κ2) is 4.86. The van der Waals surface area contributed by atoms with E-state index in [1.54, 1.807) is 6.26 Å². The number of hydrogen-bond acceptors (Lipinski definition) is 3. The van der Waals surface area contributed by atoms with Gasteiger partial charge >= 0.3 is 0 Å². The molecule has 0 fully saturated rings. The lowest BCUT2D eigenvalue weighted by molar-refractivity contribution is 0.492. The Hall–Kier alpha value is -2.40. The standard InChI is InChI=1S/C16H13N3OS/c21-16-18-14-10-17-13-6-2-1-5-12(13)15(14)19(16)8-7-11-4-3-9-20-11/h1-6,9-10H,7-8H2,(H,18,21). The number of benzene rings is 1. The predicted molar refractivity (Wildman–Crippen MR) is 84.8 cm³/mol. The van der Waals surface area contributed by atoms with Crippen LogP contribution in [0.5, 0.6) is 0 Å². The Labute approximate surface area is 126 Å². The average molecular weight is 295 g/mol. The third-order valence-corrected chi connectivity index (χ3v) is 3.99. The number of pyridine rings is 1. The van der Waals surface area contributed by atoms with E-state index in [0.29, 0.717) is 0 Å². The number of nitrogens with zero attached hydrogens (tertiary/aromatic N) is 2. The number of hydrogen-bond donors (Lipinski definition) is 1. The fraction of sp³-hybridized carbons (Fsp3) is 0.125. The van der Waals surface area contributed by atoms with Crippen LogP contribution in [0, 0.1) is 4.77 Å². The van der Waals surface area contributed by atoms with Crippen molar-refractivity contribution >= 4 is 34.2 Å². The van der Waals surface area contributed by atoms with Gasteiger partial charge in [0.15, 0.2) is 4.77 Å². The SMILES string of the molecule is S=c1[nH]c2cnc3ccccc3c2n1CCc1ccco1. The van der Waals surface area contributed by atoms with Crippen molar-refractivity contribution in [3.63, 3.8) is 0 Å². The van der Waals surface area contributed by atoms with Gasteiger partial charge in [0.25, 0.3) is 0 Å². The van der Waals surface area contributed by atoms with Gasteiger partial charge in [-0.2, -0.15) is 0 Å². The molecule has 0 amide bonds. The first-order chi connectivity index (χ1) is 10.3. The lowest BCUT2D eigenvalue weighted by Gasteiger charge is -2.05. The summed E-state index contributed by atoms with van der Waals surface area (Å²) in [5, 5.41) is 1.11. The highest BCUT2D eigenvalue weighted by molar-refractivity contribution is 7.71. The van der Waals surface area contributed by atoms with Gasteiger partial charge in [0.2, 0.25) is 0 Å². The van der Waals surface area contributed by atoms with Gasteiger partial charge < -0.3 is 14.0 Å². The van der Waals surface area contributed by atoms with Crippen LogP contribution < -0.4 is 0 Å². The zero-order chi connectivity index (χ0) is 14.2.